The van der Waals surface area contributed by atoms with E-state index in [1.807, 2.05) is 0 Å². The smallest absolute Gasteiger partial charge is 0.308 e. The fourth-order valence-electron chi connectivity index (χ4n) is 2.70. The van der Waals surface area contributed by atoms with Crippen LogP contribution in [0, 0.1) is 0 Å². The van der Waals surface area contributed by atoms with Gasteiger partial charge in [0.1, 0.15) is 0 Å². The highest BCUT2D eigenvalue weighted by Crippen LogP contribution is 2.25. The number of anilines is 1. The summed E-state index contributed by atoms with van der Waals surface area (Å²) in [6, 6.07) is 16.2. The van der Waals surface area contributed by atoms with Crippen molar-refractivity contribution in [1.29, 1.82) is 0 Å². The van der Waals surface area contributed by atoms with Gasteiger partial charge in [-0.15, -0.1) is 0 Å². The predicted octanol–water partition coefficient (Wildman–Crippen LogP) is 4.63. The van der Waals surface area contributed by atoms with Gasteiger partial charge in [0.25, 0.3) is 11.8 Å². The molecule has 1 atom stereocenters. The van der Waals surface area contributed by atoms with Gasteiger partial charge >= 0.3 is 5.97 Å². The highest BCUT2D eigenvalue weighted by Gasteiger charge is 2.25. The zero-order valence-electron chi connectivity index (χ0n) is 16.1. The largest absolute Gasteiger partial charge is 0.459 e. The van der Waals surface area contributed by atoms with Gasteiger partial charge in [-0.1, -0.05) is 53.5 Å². The Labute approximate surface area is 188 Å². The van der Waals surface area contributed by atoms with Gasteiger partial charge in [0, 0.05) is 27.8 Å². The third kappa shape index (κ3) is 6.60. The van der Waals surface area contributed by atoms with Gasteiger partial charge in [0.15, 0.2) is 5.76 Å². The molecule has 0 aliphatic rings. The van der Waals surface area contributed by atoms with E-state index < -0.39 is 23.9 Å². The fourth-order valence-corrected chi connectivity index (χ4v) is 3.22. The second-order valence-electron chi connectivity index (χ2n) is 6.41. The van der Waals surface area contributed by atoms with Crippen LogP contribution in [0.4, 0.5) is 5.69 Å². The molecule has 0 aliphatic heterocycles. The van der Waals surface area contributed by atoms with Gasteiger partial charge < -0.3 is 19.8 Å². The molecule has 0 spiro atoms. The molecule has 0 bridgehead atoms. The van der Waals surface area contributed by atoms with Crippen LogP contribution in [0.5, 0.6) is 0 Å². The van der Waals surface area contributed by atoms with Crippen LogP contribution >= 0.6 is 23.2 Å². The maximum Gasteiger partial charge on any atom is 0.308 e. The molecule has 9 heteroatoms. The lowest BCUT2D eigenvalue weighted by atomic mass is 10.1. The molecule has 160 valence electrons. The number of esters is 1. The fraction of sp³-hybridized carbons (Fsp3) is 0.136. The second kappa shape index (κ2) is 10.7. The topological polar surface area (TPSA) is 97.6 Å². The Hall–Kier alpha value is -3.29. The maximum absolute atomic E-state index is 12.9. The van der Waals surface area contributed by atoms with Crippen molar-refractivity contribution >= 4 is 46.7 Å². The molecule has 3 aromatic rings. The Bertz CT molecular complexity index is 1030. The molecular weight excluding hydrogens is 443 g/mol. The second-order valence-corrected chi connectivity index (χ2v) is 7.28. The maximum atomic E-state index is 12.9. The van der Waals surface area contributed by atoms with Crippen LogP contribution in [-0.4, -0.2) is 24.3 Å². The number of furan rings is 1. The first kappa shape index (κ1) is 22.4. The van der Waals surface area contributed by atoms with Gasteiger partial charge in [-0.25, -0.2) is 0 Å². The first-order valence-corrected chi connectivity index (χ1v) is 10.0. The van der Waals surface area contributed by atoms with Crippen molar-refractivity contribution < 1.29 is 23.5 Å². The Morgan fingerprint density at radius 3 is 2.32 bits per heavy atom. The van der Waals surface area contributed by atoms with Gasteiger partial charge in [-0.05, 0) is 30.3 Å². The van der Waals surface area contributed by atoms with E-state index in [-0.39, 0.29) is 18.7 Å². The molecule has 1 unspecified atom stereocenters. The molecule has 0 saturated carbocycles. The number of benzene rings is 2. The number of nitrogens with one attached hydrogen (secondary N) is 2. The van der Waals surface area contributed by atoms with Crippen LogP contribution in [0.3, 0.4) is 0 Å². The summed E-state index contributed by atoms with van der Waals surface area (Å²) in [5.41, 5.74) is 0.853. The number of hydrogen-bond donors (Lipinski definition) is 2. The average molecular weight is 461 g/mol. The van der Waals surface area contributed by atoms with Gasteiger partial charge in [0.05, 0.1) is 12.7 Å². The number of hydrogen-bond acceptors (Lipinski definition) is 5. The summed E-state index contributed by atoms with van der Waals surface area (Å²) >= 11 is 11.9. The standard InChI is InChI=1S/C22H18Cl2N2O5/c23-15-11-16(24)13-17(12-15)26-22(29)20(14-5-2-1-3-6-14)31-19(27)8-9-25-21(28)18-7-4-10-30-18/h1-7,10-13,20H,8-9H2,(H,25,28)(H,26,29). The number of ether oxygens (including phenoxy) is 1. The van der Waals surface area contributed by atoms with E-state index in [1.54, 1.807) is 36.4 Å². The Morgan fingerprint density at radius 2 is 1.68 bits per heavy atom. The molecule has 3 rings (SSSR count). The molecule has 1 aromatic heterocycles. The lowest BCUT2D eigenvalue weighted by Crippen LogP contribution is -2.29. The third-order valence-electron chi connectivity index (χ3n) is 4.08. The number of carbonyl (C=O) groups excluding carboxylic acids is 3. The molecule has 2 aromatic carbocycles. The number of amides is 2. The van der Waals surface area contributed by atoms with Crippen molar-refractivity contribution in [2.75, 3.05) is 11.9 Å². The normalized spacial score (nSPS) is 11.4. The number of halogens is 2. The Balaban J connectivity index is 1.64. The van der Waals surface area contributed by atoms with Crippen LogP contribution < -0.4 is 10.6 Å². The Kier molecular flexibility index (Phi) is 7.70. The highest BCUT2D eigenvalue weighted by molar-refractivity contribution is 6.35. The van der Waals surface area contributed by atoms with Crippen LogP contribution in [0.1, 0.15) is 28.6 Å². The van der Waals surface area contributed by atoms with E-state index in [4.69, 9.17) is 32.4 Å². The van der Waals surface area contributed by atoms with E-state index >= 15 is 0 Å². The lowest BCUT2D eigenvalue weighted by molar-refractivity contribution is -0.154. The summed E-state index contributed by atoms with van der Waals surface area (Å²) in [5.74, 6) is -1.55. The third-order valence-corrected chi connectivity index (χ3v) is 4.52. The quantitative estimate of drug-likeness (QED) is 0.477. The van der Waals surface area contributed by atoms with Crippen molar-refractivity contribution in [3.05, 3.63) is 88.3 Å². The minimum Gasteiger partial charge on any atom is -0.459 e. The zero-order valence-corrected chi connectivity index (χ0v) is 17.7. The molecule has 0 fully saturated rings. The van der Waals surface area contributed by atoms with Crippen LogP contribution in [-0.2, 0) is 14.3 Å². The molecule has 1 heterocycles. The summed E-state index contributed by atoms with van der Waals surface area (Å²) in [4.78, 5) is 37.0. The summed E-state index contributed by atoms with van der Waals surface area (Å²) in [6.45, 7) is 0.0192. The van der Waals surface area contributed by atoms with Crippen molar-refractivity contribution in [2.24, 2.45) is 0 Å². The van der Waals surface area contributed by atoms with E-state index in [0.29, 0.717) is 21.3 Å². The zero-order chi connectivity index (χ0) is 22.2. The number of carbonyl (C=O) groups is 3. The van der Waals surface area contributed by atoms with Crippen LogP contribution in [0.15, 0.2) is 71.3 Å². The summed E-state index contributed by atoms with van der Waals surface area (Å²) < 4.78 is 10.4. The summed E-state index contributed by atoms with van der Waals surface area (Å²) in [7, 11) is 0. The first-order chi connectivity index (χ1) is 14.9. The molecule has 0 radical (unpaired) electrons. The summed E-state index contributed by atoms with van der Waals surface area (Å²) in [5, 5.41) is 5.90. The summed E-state index contributed by atoms with van der Waals surface area (Å²) in [6.07, 6.45) is 0.0398. The lowest BCUT2D eigenvalue weighted by Gasteiger charge is -2.18. The van der Waals surface area contributed by atoms with Crippen molar-refractivity contribution in [2.45, 2.75) is 12.5 Å². The van der Waals surface area contributed by atoms with Gasteiger partial charge in [-0.3, -0.25) is 14.4 Å². The molecule has 31 heavy (non-hydrogen) atoms. The highest BCUT2D eigenvalue weighted by atomic mass is 35.5. The van der Waals surface area contributed by atoms with Crippen LogP contribution in [0.2, 0.25) is 10.0 Å². The minimum absolute atomic E-state index is 0.0192. The molecule has 2 N–H and O–H groups in total. The monoisotopic (exact) mass is 460 g/mol. The molecule has 7 nitrogen and oxygen atoms in total. The average Bonchev–Trinajstić information content (AvgIpc) is 3.27. The van der Waals surface area contributed by atoms with Crippen molar-refractivity contribution in [3.8, 4) is 0 Å². The van der Waals surface area contributed by atoms with Gasteiger partial charge in [0.2, 0.25) is 6.10 Å². The minimum atomic E-state index is -1.20. The molecule has 0 saturated heterocycles. The SMILES string of the molecule is O=C(CCNC(=O)c1ccco1)OC(C(=O)Nc1cc(Cl)cc(Cl)c1)c1ccccc1. The van der Waals surface area contributed by atoms with E-state index in [0.717, 1.165) is 0 Å². The molecular formula is C22H18Cl2N2O5. The predicted molar refractivity (Wildman–Crippen MR) is 116 cm³/mol. The molecule has 0 aliphatic carbocycles. The van der Waals surface area contributed by atoms with E-state index in [1.165, 1.54) is 30.5 Å². The van der Waals surface area contributed by atoms with Crippen molar-refractivity contribution in [1.82, 2.24) is 5.32 Å². The van der Waals surface area contributed by atoms with Crippen LogP contribution in [0.25, 0.3) is 0 Å². The van der Waals surface area contributed by atoms with E-state index in [2.05, 4.69) is 10.6 Å². The number of rotatable bonds is 8. The first-order valence-electron chi connectivity index (χ1n) is 9.25. The molecule has 2 amide bonds. The van der Waals surface area contributed by atoms with Crippen molar-refractivity contribution in [3.63, 3.8) is 0 Å². The van der Waals surface area contributed by atoms with E-state index in [9.17, 15) is 14.4 Å². The van der Waals surface area contributed by atoms with Gasteiger partial charge in [-0.2, -0.15) is 0 Å². The Morgan fingerprint density at radius 1 is 0.968 bits per heavy atom.